The Labute approximate surface area is 247 Å². The van der Waals surface area contributed by atoms with Crippen LogP contribution >= 0.6 is 0 Å². The van der Waals surface area contributed by atoms with Crippen molar-refractivity contribution in [2.75, 3.05) is 0 Å². The van der Waals surface area contributed by atoms with E-state index in [-0.39, 0.29) is 0 Å². The van der Waals surface area contributed by atoms with Crippen LogP contribution in [0, 0.1) is 18.8 Å². The Hall–Kier alpha value is -4.16. The summed E-state index contributed by atoms with van der Waals surface area (Å²) < 4.78 is 0. The Bertz CT molecular complexity index is 1560. The Morgan fingerprint density at radius 1 is 0.878 bits per heavy atom. The molecule has 0 bridgehead atoms. The minimum Gasteiger partial charge on any atom is -0.0991 e. The maximum Gasteiger partial charge on any atom is -0.00255 e. The van der Waals surface area contributed by atoms with Crippen LogP contribution in [0.3, 0.4) is 0 Å². The molecule has 2 aliphatic rings. The van der Waals surface area contributed by atoms with Gasteiger partial charge in [0.05, 0.1) is 0 Å². The molecule has 0 aliphatic heterocycles. The maximum absolute atomic E-state index is 3.81. The second kappa shape index (κ2) is 13.5. The first kappa shape index (κ1) is 28.4. The van der Waals surface area contributed by atoms with Gasteiger partial charge in [0.15, 0.2) is 0 Å². The summed E-state index contributed by atoms with van der Waals surface area (Å²) in [6.45, 7) is 10.4. The molecule has 5 rings (SSSR count). The second-order valence-electron chi connectivity index (χ2n) is 11.5. The standard InChI is InChI=1S/C41H42/c1-5-7-11-35(6-2)36-22-17-33(18-23-36)28-39-26-19-34(29-41(39)40-12-9-8-10-31(40)4)27-32-15-24-38(25-16-32)37-20-13-30(3)14-21-37/h5-13,15-17,19-26,29-30,33H,1,14,18,27-28H2,2-4H3/b11-7-,35-6+. The fourth-order valence-electron chi connectivity index (χ4n) is 5.87. The van der Waals surface area contributed by atoms with E-state index in [4.69, 9.17) is 0 Å². The average molecular weight is 535 g/mol. The van der Waals surface area contributed by atoms with Crippen molar-refractivity contribution in [2.45, 2.75) is 46.5 Å². The van der Waals surface area contributed by atoms with Gasteiger partial charge in [0.1, 0.15) is 0 Å². The van der Waals surface area contributed by atoms with Crippen LogP contribution < -0.4 is 0 Å². The number of hydrogen-bond donors (Lipinski definition) is 0. The molecule has 0 saturated heterocycles. The van der Waals surface area contributed by atoms with E-state index in [2.05, 4.69) is 143 Å². The summed E-state index contributed by atoms with van der Waals surface area (Å²) in [6.07, 6.45) is 26.3. The first-order chi connectivity index (χ1) is 20.0. The summed E-state index contributed by atoms with van der Waals surface area (Å²) >= 11 is 0. The summed E-state index contributed by atoms with van der Waals surface area (Å²) in [6, 6.07) is 25.1. The topological polar surface area (TPSA) is 0 Å². The van der Waals surface area contributed by atoms with Crippen LogP contribution in [0.15, 0.2) is 145 Å². The predicted molar refractivity (Wildman–Crippen MR) is 179 cm³/mol. The molecule has 0 heterocycles. The minimum absolute atomic E-state index is 0.493. The van der Waals surface area contributed by atoms with Gasteiger partial charge in [-0.25, -0.2) is 0 Å². The van der Waals surface area contributed by atoms with E-state index >= 15 is 0 Å². The highest BCUT2D eigenvalue weighted by molar-refractivity contribution is 5.75. The van der Waals surface area contributed by atoms with Gasteiger partial charge >= 0.3 is 0 Å². The van der Waals surface area contributed by atoms with Crippen molar-refractivity contribution in [1.29, 1.82) is 0 Å². The van der Waals surface area contributed by atoms with E-state index in [9.17, 15) is 0 Å². The highest BCUT2D eigenvalue weighted by Crippen LogP contribution is 2.33. The molecule has 2 unspecified atom stereocenters. The van der Waals surface area contributed by atoms with E-state index in [1.54, 1.807) is 0 Å². The molecule has 2 aliphatic carbocycles. The minimum atomic E-state index is 0.493. The average Bonchev–Trinajstić information content (AvgIpc) is 3.00. The lowest BCUT2D eigenvalue weighted by Crippen LogP contribution is -2.06. The van der Waals surface area contributed by atoms with Crippen LogP contribution in [-0.4, -0.2) is 0 Å². The zero-order valence-corrected chi connectivity index (χ0v) is 24.8. The molecule has 2 atom stereocenters. The summed E-state index contributed by atoms with van der Waals surface area (Å²) in [7, 11) is 0. The first-order valence-corrected chi connectivity index (χ1v) is 15.0. The molecule has 3 aromatic rings. The van der Waals surface area contributed by atoms with Gasteiger partial charge in [0, 0.05) is 0 Å². The van der Waals surface area contributed by atoms with Crippen molar-refractivity contribution in [2.24, 2.45) is 11.8 Å². The van der Waals surface area contributed by atoms with Gasteiger partial charge in [0.2, 0.25) is 0 Å². The highest BCUT2D eigenvalue weighted by Gasteiger charge is 2.16. The van der Waals surface area contributed by atoms with Crippen LogP contribution in [0.5, 0.6) is 0 Å². The maximum atomic E-state index is 3.81. The Morgan fingerprint density at radius 3 is 2.37 bits per heavy atom. The molecular weight excluding hydrogens is 492 g/mol. The van der Waals surface area contributed by atoms with Crippen molar-refractivity contribution < 1.29 is 0 Å². The Balaban J connectivity index is 1.36. The van der Waals surface area contributed by atoms with Crippen LogP contribution in [-0.2, 0) is 12.8 Å². The van der Waals surface area contributed by atoms with E-state index in [1.165, 1.54) is 55.7 Å². The molecule has 0 fully saturated rings. The monoisotopic (exact) mass is 534 g/mol. The van der Waals surface area contributed by atoms with Gasteiger partial charge in [-0.3, -0.25) is 0 Å². The van der Waals surface area contributed by atoms with Gasteiger partial charge in [0.25, 0.3) is 0 Å². The van der Waals surface area contributed by atoms with Crippen molar-refractivity contribution in [1.82, 2.24) is 0 Å². The van der Waals surface area contributed by atoms with E-state index in [0.29, 0.717) is 11.8 Å². The van der Waals surface area contributed by atoms with Gasteiger partial charge in [-0.05, 0) is 107 Å². The molecule has 0 heteroatoms. The number of hydrogen-bond acceptors (Lipinski definition) is 0. The van der Waals surface area contributed by atoms with Crippen LogP contribution in [0.1, 0.15) is 54.5 Å². The Morgan fingerprint density at radius 2 is 1.68 bits per heavy atom. The molecule has 0 aromatic heterocycles. The zero-order chi connectivity index (χ0) is 28.6. The van der Waals surface area contributed by atoms with Crippen molar-refractivity contribution in [3.63, 3.8) is 0 Å². The first-order valence-electron chi connectivity index (χ1n) is 15.0. The van der Waals surface area contributed by atoms with Crippen LogP contribution in [0.2, 0.25) is 0 Å². The molecule has 0 nitrogen and oxygen atoms in total. The van der Waals surface area contributed by atoms with Crippen molar-refractivity contribution in [3.05, 3.63) is 173 Å². The lowest BCUT2D eigenvalue weighted by atomic mass is 9.84. The molecule has 41 heavy (non-hydrogen) atoms. The summed E-state index contributed by atoms with van der Waals surface area (Å²) in [5.41, 5.74) is 13.4. The molecular formula is C41H42. The van der Waals surface area contributed by atoms with Crippen molar-refractivity contribution in [3.8, 4) is 11.1 Å². The smallest absolute Gasteiger partial charge is 0.00255 e. The number of rotatable bonds is 9. The highest BCUT2D eigenvalue weighted by atomic mass is 14.2. The molecule has 0 radical (unpaired) electrons. The fraction of sp³-hybridized carbons (Fsp3) is 0.220. The molecule has 0 saturated carbocycles. The van der Waals surface area contributed by atoms with Gasteiger partial charge in [-0.2, -0.15) is 0 Å². The van der Waals surface area contributed by atoms with E-state index in [1.807, 2.05) is 12.2 Å². The lowest BCUT2D eigenvalue weighted by Gasteiger charge is -2.20. The van der Waals surface area contributed by atoms with E-state index in [0.717, 1.165) is 25.7 Å². The summed E-state index contributed by atoms with van der Waals surface area (Å²) in [5.74, 6) is 1.13. The largest absolute Gasteiger partial charge is 0.0991 e. The normalized spacial score (nSPS) is 18.9. The SMILES string of the molecule is C=C/C=C\C(=C/C)C1=CCC(Cc2ccc(Cc3ccc(C4=CCC(C)C=C4)cc3)cc2-c2ccccc2C)C=C1. The van der Waals surface area contributed by atoms with Crippen LogP contribution in [0.4, 0.5) is 0 Å². The van der Waals surface area contributed by atoms with E-state index < -0.39 is 0 Å². The van der Waals surface area contributed by atoms with Gasteiger partial charge < -0.3 is 0 Å². The Kier molecular flexibility index (Phi) is 9.32. The third-order valence-electron chi connectivity index (χ3n) is 8.35. The van der Waals surface area contributed by atoms with Crippen molar-refractivity contribution >= 4 is 5.57 Å². The number of benzene rings is 3. The quantitative estimate of drug-likeness (QED) is 0.239. The van der Waals surface area contributed by atoms with Gasteiger partial charge in [-0.15, -0.1) is 0 Å². The third kappa shape index (κ3) is 7.14. The number of allylic oxidation sites excluding steroid dienone is 13. The van der Waals surface area contributed by atoms with Crippen LogP contribution in [0.25, 0.3) is 16.7 Å². The number of aryl methyl sites for hydroxylation is 1. The second-order valence-corrected chi connectivity index (χ2v) is 11.5. The lowest BCUT2D eigenvalue weighted by molar-refractivity contribution is 0.651. The molecule has 0 amide bonds. The molecule has 206 valence electrons. The molecule has 3 aromatic carbocycles. The summed E-state index contributed by atoms with van der Waals surface area (Å²) in [5, 5.41) is 0. The predicted octanol–water partition coefficient (Wildman–Crippen LogP) is 11.0. The molecule has 0 spiro atoms. The zero-order valence-electron chi connectivity index (χ0n) is 24.8. The molecule has 0 N–H and O–H groups in total. The fourth-order valence-corrected chi connectivity index (χ4v) is 5.87. The summed E-state index contributed by atoms with van der Waals surface area (Å²) in [4.78, 5) is 0. The van der Waals surface area contributed by atoms with Gasteiger partial charge in [-0.1, -0.05) is 141 Å². The third-order valence-corrected chi connectivity index (χ3v) is 8.35.